The first-order valence-corrected chi connectivity index (χ1v) is 7.77. The Labute approximate surface area is 104 Å². The summed E-state index contributed by atoms with van der Waals surface area (Å²) in [7, 11) is -1.68. The van der Waals surface area contributed by atoms with Crippen LogP contribution in [0.2, 0.25) is 0 Å². The first-order chi connectivity index (χ1) is 7.90. The summed E-state index contributed by atoms with van der Waals surface area (Å²) in [6, 6.07) is 0. The highest BCUT2D eigenvalue weighted by Gasteiger charge is 2.23. The van der Waals surface area contributed by atoms with Crippen molar-refractivity contribution < 1.29 is 17.9 Å². The van der Waals surface area contributed by atoms with Gasteiger partial charge in [-0.2, -0.15) is 0 Å². The molecule has 17 heavy (non-hydrogen) atoms. The van der Waals surface area contributed by atoms with Crippen molar-refractivity contribution in [3.8, 4) is 0 Å². The smallest absolute Gasteiger partial charge is 0.209 e. The van der Waals surface area contributed by atoms with Gasteiger partial charge in [-0.15, -0.1) is 0 Å². The molecule has 2 N–H and O–H groups in total. The molecular weight excluding hydrogens is 242 g/mol. The summed E-state index contributed by atoms with van der Waals surface area (Å²) < 4.78 is 32.8. The predicted octanol–water partition coefficient (Wildman–Crippen LogP) is 0.885. The average molecular weight is 265 g/mol. The number of hydrogen-bond acceptors (Lipinski definition) is 4. The van der Waals surface area contributed by atoms with Crippen molar-refractivity contribution in [3.05, 3.63) is 0 Å². The fraction of sp³-hybridized carbons (Fsp3) is 1.00. The van der Waals surface area contributed by atoms with Gasteiger partial charge in [0.1, 0.15) is 0 Å². The summed E-state index contributed by atoms with van der Waals surface area (Å²) in [6.45, 7) is 2.28. The van der Waals surface area contributed by atoms with Crippen LogP contribution in [0.3, 0.4) is 0 Å². The summed E-state index contributed by atoms with van der Waals surface area (Å²) >= 11 is 0. The van der Waals surface area contributed by atoms with Crippen LogP contribution in [-0.4, -0.2) is 40.1 Å². The monoisotopic (exact) mass is 265 g/mol. The molecule has 0 radical (unpaired) electrons. The Kier molecular flexibility index (Phi) is 5.85. The van der Waals surface area contributed by atoms with Gasteiger partial charge in [-0.25, -0.2) is 13.6 Å². The molecule has 0 heterocycles. The quantitative estimate of drug-likeness (QED) is 0.773. The number of sulfonamides is 1. The third kappa shape index (κ3) is 6.35. The summed E-state index contributed by atoms with van der Waals surface area (Å²) in [5.41, 5.74) is 0. The summed E-state index contributed by atoms with van der Waals surface area (Å²) in [5, 5.41) is 4.99. The van der Waals surface area contributed by atoms with Crippen LogP contribution in [0.25, 0.3) is 0 Å². The Morgan fingerprint density at radius 2 is 2.00 bits per heavy atom. The van der Waals surface area contributed by atoms with Gasteiger partial charge >= 0.3 is 0 Å². The topological polar surface area (TPSA) is 78.6 Å². The van der Waals surface area contributed by atoms with Crippen molar-refractivity contribution in [1.29, 1.82) is 0 Å². The average Bonchev–Trinajstić information content (AvgIpc) is 2.24. The number of ether oxygens (including phenoxy) is 2. The van der Waals surface area contributed by atoms with Crippen LogP contribution in [0.15, 0.2) is 0 Å². The van der Waals surface area contributed by atoms with E-state index in [4.69, 9.17) is 14.6 Å². The molecule has 0 bridgehead atoms. The lowest BCUT2D eigenvalue weighted by molar-refractivity contribution is -0.0366. The Morgan fingerprint density at radius 3 is 2.59 bits per heavy atom. The molecule has 0 aromatic heterocycles. The minimum Gasteiger partial charge on any atom is -0.381 e. The first kappa shape index (κ1) is 14.9. The van der Waals surface area contributed by atoms with Gasteiger partial charge < -0.3 is 9.47 Å². The zero-order valence-electron chi connectivity index (χ0n) is 10.6. The Hall–Kier alpha value is -0.170. The maximum absolute atomic E-state index is 10.9. The van der Waals surface area contributed by atoms with E-state index in [0.29, 0.717) is 6.61 Å². The zero-order valence-corrected chi connectivity index (χ0v) is 11.4. The van der Waals surface area contributed by atoms with Gasteiger partial charge in [0, 0.05) is 7.11 Å². The highest BCUT2D eigenvalue weighted by atomic mass is 32.2. The van der Waals surface area contributed by atoms with E-state index in [1.807, 2.05) is 6.92 Å². The van der Waals surface area contributed by atoms with Crippen molar-refractivity contribution >= 4 is 10.0 Å². The Morgan fingerprint density at radius 1 is 1.35 bits per heavy atom. The lowest BCUT2D eigenvalue weighted by Gasteiger charge is -2.29. The van der Waals surface area contributed by atoms with E-state index in [2.05, 4.69) is 0 Å². The highest BCUT2D eigenvalue weighted by molar-refractivity contribution is 7.89. The number of hydrogen-bond donors (Lipinski definition) is 1. The molecule has 1 aliphatic rings. The van der Waals surface area contributed by atoms with E-state index in [1.54, 1.807) is 7.11 Å². The molecule has 0 spiro atoms. The van der Waals surface area contributed by atoms with E-state index in [1.165, 1.54) is 0 Å². The van der Waals surface area contributed by atoms with Crippen molar-refractivity contribution in [2.75, 3.05) is 19.5 Å². The molecule has 102 valence electrons. The predicted molar refractivity (Wildman–Crippen MR) is 66.1 cm³/mol. The molecule has 0 aromatic rings. The maximum atomic E-state index is 10.9. The van der Waals surface area contributed by atoms with Crippen LogP contribution in [0.1, 0.15) is 32.6 Å². The second-order valence-electron chi connectivity index (χ2n) is 4.91. The van der Waals surface area contributed by atoms with Gasteiger partial charge in [-0.1, -0.05) is 6.92 Å². The molecule has 0 saturated heterocycles. The van der Waals surface area contributed by atoms with Crippen LogP contribution in [-0.2, 0) is 19.5 Å². The molecule has 3 unspecified atom stereocenters. The van der Waals surface area contributed by atoms with Gasteiger partial charge in [-0.3, -0.25) is 0 Å². The fourth-order valence-corrected chi connectivity index (χ4v) is 3.10. The summed E-state index contributed by atoms with van der Waals surface area (Å²) in [4.78, 5) is 0. The molecule has 1 rings (SSSR count). The third-order valence-electron chi connectivity index (χ3n) is 3.04. The SMILES string of the molecule is COC1CCCC(OCC(C)CS(N)(=O)=O)C1. The molecule has 0 aliphatic heterocycles. The molecule has 0 aromatic carbocycles. The molecular formula is C11H23NO4S. The minimum absolute atomic E-state index is 0.0204. The normalized spacial score (nSPS) is 27.9. The number of nitrogens with two attached hydrogens (primary N) is 1. The lowest BCUT2D eigenvalue weighted by atomic mass is 9.95. The largest absolute Gasteiger partial charge is 0.381 e. The molecule has 3 atom stereocenters. The van der Waals surface area contributed by atoms with E-state index in [0.717, 1.165) is 25.7 Å². The Bertz CT molecular complexity index is 317. The molecule has 1 saturated carbocycles. The Balaban J connectivity index is 2.25. The molecule has 5 nitrogen and oxygen atoms in total. The van der Waals surface area contributed by atoms with Gasteiger partial charge in [0.05, 0.1) is 24.6 Å². The van der Waals surface area contributed by atoms with E-state index in [9.17, 15) is 8.42 Å². The first-order valence-electron chi connectivity index (χ1n) is 6.05. The molecule has 6 heteroatoms. The zero-order chi connectivity index (χ0) is 12.9. The summed E-state index contributed by atoms with van der Waals surface area (Å²) in [5.74, 6) is -0.0825. The number of primary sulfonamides is 1. The molecule has 0 amide bonds. The van der Waals surface area contributed by atoms with Gasteiger partial charge in [0.2, 0.25) is 10.0 Å². The number of methoxy groups -OCH3 is 1. The van der Waals surface area contributed by atoms with Gasteiger partial charge in [-0.05, 0) is 31.6 Å². The third-order valence-corrected chi connectivity index (χ3v) is 4.08. The lowest BCUT2D eigenvalue weighted by Crippen LogP contribution is -2.30. The molecule has 1 fully saturated rings. The van der Waals surface area contributed by atoms with E-state index >= 15 is 0 Å². The van der Waals surface area contributed by atoms with Crippen molar-refractivity contribution in [3.63, 3.8) is 0 Å². The number of rotatable bonds is 6. The second kappa shape index (κ2) is 6.68. The van der Waals surface area contributed by atoms with Crippen LogP contribution in [0, 0.1) is 5.92 Å². The van der Waals surface area contributed by atoms with Crippen molar-refractivity contribution in [1.82, 2.24) is 0 Å². The molecule has 1 aliphatic carbocycles. The van der Waals surface area contributed by atoms with E-state index in [-0.39, 0.29) is 23.9 Å². The summed E-state index contributed by atoms with van der Waals surface area (Å²) in [6.07, 6.45) is 4.59. The second-order valence-corrected chi connectivity index (χ2v) is 6.57. The van der Waals surface area contributed by atoms with Crippen LogP contribution in [0.4, 0.5) is 0 Å². The fourth-order valence-electron chi connectivity index (χ4n) is 2.21. The van der Waals surface area contributed by atoms with Gasteiger partial charge in [0.25, 0.3) is 0 Å². The maximum Gasteiger partial charge on any atom is 0.209 e. The highest BCUT2D eigenvalue weighted by Crippen LogP contribution is 2.23. The minimum atomic E-state index is -3.40. The van der Waals surface area contributed by atoms with Crippen molar-refractivity contribution in [2.45, 2.75) is 44.8 Å². The van der Waals surface area contributed by atoms with Crippen LogP contribution in [0.5, 0.6) is 0 Å². The van der Waals surface area contributed by atoms with E-state index < -0.39 is 10.0 Å². The van der Waals surface area contributed by atoms with Crippen molar-refractivity contribution in [2.24, 2.45) is 11.1 Å². The van der Waals surface area contributed by atoms with Gasteiger partial charge in [0.15, 0.2) is 0 Å². The van der Waals surface area contributed by atoms with Crippen LogP contribution >= 0.6 is 0 Å². The van der Waals surface area contributed by atoms with Crippen LogP contribution < -0.4 is 5.14 Å². The standard InChI is InChI=1S/C11H23NO4S/c1-9(8-17(12,13)14)7-16-11-5-3-4-10(6-11)15-2/h9-11H,3-8H2,1-2H3,(H2,12,13,14).